The first-order valence-electron chi connectivity index (χ1n) is 9.37. The summed E-state index contributed by atoms with van der Waals surface area (Å²) in [5, 5.41) is 11.4. The third-order valence-corrected chi connectivity index (χ3v) is 4.65. The number of rotatable bonds is 5. The van der Waals surface area contributed by atoms with Crippen LogP contribution in [0.4, 0.5) is 27.6 Å². The van der Waals surface area contributed by atoms with Crippen molar-refractivity contribution in [2.24, 2.45) is 0 Å². The van der Waals surface area contributed by atoms with Gasteiger partial charge in [0.1, 0.15) is 23.1 Å². The Morgan fingerprint density at radius 2 is 1.55 bits per heavy atom. The fraction of sp³-hybridized carbons (Fsp3) is 0.130. The van der Waals surface area contributed by atoms with Crippen LogP contribution in [0, 0.1) is 25.5 Å². The molecule has 0 spiro atoms. The predicted molar refractivity (Wildman–Crippen MR) is 109 cm³/mol. The van der Waals surface area contributed by atoms with Gasteiger partial charge in [-0.25, -0.2) is 13.6 Å². The smallest absolute Gasteiger partial charge is 0.416 e. The number of hydrogen-bond donors (Lipinski definition) is 2. The van der Waals surface area contributed by atoms with Gasteiger partial charge in [-0.3, -0.25) is 4.79 Å². The number of carbonyl (C=O) groups is 2. The molecule has 0 radical (unpaired) electrons. The van der Waals surface area contributed by atoms with Gasteiger partial charge < -0.3 is 15.2 Å². The second-order valence-electron chi connectivity index (χ2n) is 7.13. The lowest BCUT2D eigenvalue weighted by molar-refractivity contribution is -0.137. The van der Waals surface area contributed by atoms with Gasteiger partial charge in [-0.1, -0.05) is 0 Å². The Morgan fingerprint density at radius 1 is 0.879 bits per heavy atom. The number of carboxylic acid groups (broad SMARTS) is 1. The van der Waals surface area contributed by atoms with E-state index in [1.807, 2.05) is 0 Å². The lowest BCUT2D eigenvalue weighted by Gasteiger charge is -2.16. The van der Waals surface area contributed by atoms with Crippen molar-refractivity contribution in [2.75, 3.05) is 5.32 Å². The molecule has 0 aromatic heterocycles. The summed E-state index contributed by atoms with van der Waals surface area (Å²) in [7, 11) is 0. The standard InChI is InChI=1S/C23H16F5NO4/c1-11-7-14(24)4-6-18(11)33-19-5-3-13(23(26,27)28)9-16(19)21(30)29-15-8-12(2)20(25)17(10-15)22(31)32/h3-10H,1-2H3,(H,29,30)(H,31,32). The van der Waals surface area contributed by atoms with Crippen molar-refractivity contribution >= 4 is 17.6 Å². The molecule has 0 fully saturated rings. The molecule has 0 aliphatic carbocycles. The van der Waals surface area contributed by atoms with Gasteiger partial charge in [0.25, 0.3) is 5.91 Å². The van der Waals surface area contributed by atoms with E-state index in [0.717, 1.165) is 36.4 Å². The number of aromatic carboxylic acids is 1. The minimum atomic E-state index is -4.76. The number of anilines is 1. The molecular formula is C23H16F5NO4. The highest BCUT2D eigenvalue weighted by Crippen LogP contribution is 2.35. The number of aryl methyl sites for hydroxylation is 2. The Bertz CT molecular complexity index is 1250. The van der Waals surface area contributed by atoms with Gasteiger partial charge in [0.05, 0.1) is 16.7 Å². The van der Waals surface area contributed by atoms with E-state index in [4.69, 9.17) is 9.84 Å². The van der Waals surface area contributed by atoms with Crippen molar-refractivity contribution < 1.29 is 41.4 Å². The number of carboxylic acids is 1. The molecule has 0 heterocycles. The van der Waals surface area contributed by atoms with Crippen LogP contribution >= 0.6 is 0 Å². The lowest BCUT2D eigenvalue weighted by atomic mass is 10.1. The van der Waals surface area contributed by atoms with E-state index in [9.17, 15) is 31.5 Å². The van der Waals surface area contributed by atoms with Gasteiger partial charge in [0.15, 0.2) is 0 Å². The number of alkyl halides is 3. The number of hydrogen-bond acceptors (Lipinski definition) is 3. The van der Waals surface area contributed by atoms with Crippen molar-refractivity contribution in [3.63, 3.8) is 0 Å². The number of carbonyl (C=O) groups excluding carboxylic acids is 1. The van der Waals surface area contributed by atoms with Crippen molar-refractivity contribution in [2.45, 2.75) is 20.0 Å². The quantitative estimate of drug-likeness (QED) is 0.431. The third kappa shape index (κ3) is 5.28. The van der Waals surface area contributed by atoms with Gasteiger partial charge in [0.2, 0.25) is 0 Å². The van der Waals surface area contributed by atoms with E-state index in [2.05, 4.69) is 5.32 Å². The molecule has 5 nitrogen and oxygen atoms in total. The van der Waals surface area contributed by atoms with Crippen LogP contribution in [0.15, 0.2) is 48.5 Å². The first-order chi connectivity index (χ1) is 15.4. The molecule has 172 valence electrons. The fourth-order valence-electron chi connectivity index (χ4n) is 3.01. The average Bonchev–Trinajstić information content (AvgIpc) is 2.71. The molecule has 0 bridgehead atoms. The highest BCUT2D eigenvalue weighted by molar-refractivity contribution is 6.07. The molecule has 0 aliphatic heterocycles. The Kier molecular flexibility index (Phi) is 6.39. The molecular weight excluding hydrogens is 449 g/mol. The topological polar surface area (TPSA) is 75.6 Å². The molecule has 0 aliphatic rings. The molecule has 0 saturated carbocycles. The number of halogens is 5. The van der Waals surface area contributed by atoms with Gasteiger partial charge >= 0.3 is 12.1 Å². The Morgan fingerprint density at radius 3 is 2.15 bits per heavy atom. The molecule has 0 unspecified atom stereocenters. The number of amides is 1. The minimum Gasteiger partial charge on any atom is -0.478 e. The first kappa shape index (κ1) is 23.7. The summed E-state index contributed by atoms with van der Waals surface area (Å²) >= 11 is 0. The van der Waals surface area contributed by atoms with Crippen LogP contribution in [0.5, 0.6) is 11.5 Å². The normalized spacial score (nSPS) is 11.2. The second kappa shape index (κ2) is 8.89. The van der Waals surface area contributed by atoms with Gasteiger partial charge in [-0.05, 0) is 73.5 Å². The number of benzene rings is 3. The van der Waals surface area contributed by atoms with E-state index >= 15 is 0 Å². The summed E-state index contributed by atoms with van der Waals surface area (Å²) in [5.41, 5.74) is -2.26. The molecule has 2 N–H and O–H groups in total. The van der Waals surface area contributed by atoms with E-state index < -0.39 is 46.4 Å². The summed E-state index contributed by atoms with van der Waals surface area (Å²) in [6.07, 6.45) is -4.76. The molecule has 33 heavy (non-hydrogen) atoms. The summed E-state index contributed by atoms with van der Waals surface area (Å²) in [5.74, 6) is -4.34. The maximum atomic E-state index is 14.0. The van der Waals surface area contributed by atoms with Crippen LogP contribution in [0.25, 0.3) is 0 Å². The zero-order chi connectivity index (χ0) is 24.5. The van der Waals surface area contributed by atoms with Crippen LogP contribution in [-0.4, -0.2) is 17.0 Å². The molecule has 10 heteroatoms. The van der Waals surface area contributed by atoms with Crippen LogP contribution < -0.4 is 10.1 Å². The Labute approximate surface area is 184 Å². The van der Waals surface area contributed by atoms with E-state index in [-0.39, 0.29) is 22.7 Å². The second-order valence-corrected chi connectivity index (χ2v) is 7.13. The molecule has 3 aromatic carbocycles. The van der Waals surface area contributed by atoms with Crippen LogP contribution in [0.1, 0.15) is 37.4 Å². The van der Waals surface area contributed by atoms with Crippen LogP contribution in [-0.2, 0) is 6.18 Å². The summed E-state index contributed by atoms with van der Waals surface area (Å²) in [6.45, 7) is 2.78. The zero-order valence-corrected chi connectivity index (χ0v) is 17.2. The maximum Gasteiger partial charge on any atom is 0.416 e. The van der Waals surface area contributed by atoms with E-state index in [0.29, 0.717) is 11.6 Å². The molecule has 0 saturated heterocycles. The van der Waals surface area contributed by atoms with Gasteiger partial charge in [-0.15, -0.1) is 0 Å². The number of ether oxygens (including phenoxy) is 1. The molecule has 3 rings (SSSR count). The van der Waals surface area contributed by atoms with Crippen LogP contribution in [0.2, 0.25) is 0 Å². The lowest BCUT2D eigenvalue weighted by Crippen LogP contribution is -2.16. The Hall–Kier alpha value is -3.95. The average molecular weight is 465 g/mol. The van der Waals surface area contributed by atoms with Crippen molar-refractivity contribution in [3.05, 3.63) is 88.0 Å². The third-order valence-electron chi connectivity index (χ3n) is 4.65. The number of nitrogens with one attached hydrogen (secondary N) is 1. The van der Waals surface area contributed by atoms with E-state index in [1.54, 1.807) is 0 Å². The molecule has 1 amide bonds. The summed E-state index contributed by atoms with van der Waals surface area (Å²) in [4.78, 5) is 24.1. The highest BCUT2D eigenvalue weighted by atomic mass is 19.4. The van der Waals surface area contributed by atoms with Crippen molar-refractivity contribution in [1.82, 2.24) is 0 Å². The summed E-state index contributed by atoms with van der Waals surface area (Å²) < 4.78 is 72.6. The highest BCUT2D eigenvalue weighted by Gasteiger charge is 2.32. The SMILES string of the molecule is Cc1cc(F)ccc1Oc1ccc(C(F)(F)F)cc1C(=O)Nc1cc(C)c(F)c(C(=O)O)c1. The van der Waals surface area contributed by atoms with Crippen molar-refractivity contribution in [3.8, 4) is 11.5 Å². The van der Waals surface area contributed by atoms with Gasteiger partial charge in [-0.2, -0.15) is 13.2 Å². The van der Waals surface area contributed by atoms with Crippen LogP contribution in [0.3, 0.4) is 0 Å². The van der Waals surface area contributed by atoms with Crippen molar-refractivity contribution in [1.29, 1.82) is 0 Å². The largest absolute Gasteiger partial charge is 0.478 e. The maximum absolute atomic E-state index is 14.0. The van der Waals surface area contributed by atoms with E-state index in [1.165, 1.54) is 19.9 Å². The first-order valence-corrected chi connectivity index (χ1v) is 9.37. The minimum absolute atomic E-state index is 0.0901. The zero-order valence-electron chi connectivity index (χ0n) is 17.2. The Balaban J connectivity index is 2.04. The molecule has 0 atom stereocenters. The predicted octanol–water partition coefficient (Wildman–Crippen LogP) is 6.34. The fourth-order valence-corrected chi connectivity index (χ4v) is 3.01. The summed E-state index contributed by atoms with van der Waals surface area (Å²) in [6, 6.07) is 7.70. The molecule has 3 aromatic rings. The van der Waals surface area contributed by atoms with Gasteiger partial charge in [0, 0.05) is 5.69 Å². The monoisotopic (exact) mass is 465 g/mol.